The van der Waals surface area contributed by atoms with Gasteiger partial charge in [0.2, 0.25) is 0 Å². The van der Waals surface area contributed by atoms with Crippen LogP contribution in [0.5, 0.6) is 11.5 Å². The first-order chi connectivity index (χ1) is 18.5. The van der Waals surface area contributed by atoms with E-state index in [9.17, 15) is 14.0 Å². The van der Waals surface area contributed by atoms with Gasteiger partial charge in [-0.25, -0.2) is 9.37 Å². The summed E-state index contributed by atoms with van der Waals surface area (Å²) < 4.78 is 25.2. The molecule has 0 fully saturated rings. The van der Waals surface area contributed by atoms with Crippen LogP contribution < -0.4 is 9.47 Å². The van der Waals surface area contributed by atoms with Crippen LogP contribution in [0.15, 0.2) is 24.3 Å². The molecule has 0 saturated carbocycles. The van der Waals surface area contributed by atoms with Crippen molar-refractivity contribution < 1.29 is 28.6 Å². The van der Waals surface area contributed by atoms with Crippen molar-refractivity contribution in [2.24, 2.45) is 0 Å². The molecule has 0 radical (unpaired) electrons. The van der Waals surface area contributed by atoms with E-state index in [0.29, 0.717) is 55.0 Å². The van der Waals surface area contributed by atoms with Gasteiger partial charge in [0.05, 0.1) is 31.5 Å². The van der Waals surface area contributed by atoms with Crippen LogP contribution >= 0.6 is 17.0 Å². The highest BCUT2D eigenvalue weighted by Gasteiger charge is 2.30. The SMILES string of the molecule is Br.CC(C)(C)c1cc(C(=O)CN2Cc3ccc(CF)nc3C2=N)cc(OCCCC#N)c1OCCCCC(=O)O. The quantitative estimate of drug-likeness (QED) is 0.201. The van der Waals surface area contributed by atoms with E-state index < -0.39 is 18.1 Å². The minimum Gasteiger partial charge on any atom is -0.490 e. The third-order valence-corrected chi connectivity index (χ3v) is 6.32. The number of alkyl halides is 1. The predicted octanol–water partition coefficient (Wildman–Crippen LogP) is 5.77. The number of rotatable bonds is 14. The summed E-state index contributed by atoms with van der Waals surface area (Å²) in [4.78, 5) is 30.1. The lowest BCUT2D eigenvalue weighted by Gasteiger charge is -2.26. The standard InChI is InChI=1S/C29H35FN4O5.BrH/c1-29(2,3)22-14-20(23(35)18-34-17-19-9-10-21(16-30)33-26(19)28(34)32)15-24(38-12-7-5-11-31)27(22)39-13-6-4-8-25(36)37;/h9-10,14-15,32H,4-8,12-13,16-18H2,1-3H3,(H,36,37);1H. The number of carbonyl (C=O) groups excluding carboxylic acids is 1. The Morgan fingerprint density at radius 1 is 1.18 bits per heavy atom. The molecule has 3 rings (SSSR count). The Balaban J connectivity index is 0.00000560. The van der Waals surface area contributed by atoms with E-state index in [0.717, 1.165) is 11.1 Å². The Kier molecular flexibility index (Phi) is 12.1. The van der Waals surface area contributed by atoms with E-state index in [1.54, 1.807) is 29.2 Å². The molecule has 0 saturated heterocycles. The largest absolute Gasteiger partial charge is 0.490 e. The number of aromatic nitrogens is 1. The van der Waals surface area contributed by atoms with Crippen LogP contribution in [0.3, 0.4) is 0 Å². The summed E-state index contributed by atoms with van der Waals surface area (Å²) in [5, 5.41) is 26.3. The first-order valence-electron chi connectivity index (χ1n) is 13.0. The lowest BCUT2D eigenvalue weighted by Crippen LogP contribution is -2.30. The summed E-state index contributed by atoms with van der Waals surface area (Å²) >= 11 is 0. The van der Waals surface area contributed by atoms with Gasteiger partial charge in [-0.3, -0.25) is 15.0 Å². The molecule has 216 valence electrons. The van der Waals surface area contributed by atoms with Crippen molar-refractivity contribution in [3.63, 3.8) is 0 Å². The number of benzene rings is 1. The van der Waals surface area contributed by atoms with Crippen molar-refractivity contribution in [2.75, 3.05) is 19.8 Å². The van der Waals surface area contributed by atoms with Crippen molar-refractivity contribution in [2.45, 2.75) is 71.5 Å². The predicted molar refractivity (Wildman–Crippen MR) is 153 cm³/mol. The number of nitriles is 1. The second kappa shape index (κ2) is 14.7. The topological polar surface area (TPSA) is 137 Å². The fourth-order valence-electron chi connectivity index (χ4n) is 4.23. The van der Waals surface area contributed by atoms with Gasteiger partial charge in [0.25, 0.3) is 0 Å². The normalized spacial score (nSPS) is 12.4. The van der Waals surface area contributed by atoms with E-state index in [1.807, 2.05) is 20.8 Å². The molecule has 0 atom stereocenters. The van der Waals surface area contributed by atoms with Crippen LogP contribution in [0.4, 0.5) is 4.39 Å². The third kappa shape index (κ3) is 8.49. The van der Waals surface area contributed by atoms with Gasteiger partial charge in [0, 0.05) is 36.1 Å². The Morgan fingerprint density at radius 3 is 2.55 bits per heavy atom. The van der Waals surface area contributed by atoms with Gasteiger partial charge in [-0.2, -0.15) is 5.26 Å². The van der Waals surface area contributed by atoms with Gasteiger partial charge in [-0.1, -0.05) is 26.8 Å². The van der Waals surface area contributed by atoms with Gasteiger partial charge in [-0.05, 0) is 42.9 Å². The number of nitrogens with zero attached hydrogens (tertiary/aromatic N) is 3. The molecule has 1 aromatic heterocycles. The minimum atomic E-state index is -0.859. The molecule has 2 aromatic rings. The van der Waals surface area contributed by atoms with Gasteiger partial charge < -0.3 is 19.5 Å². The van der Waals surface area contributed by atoms with E-state index in [1.165, 1.54) is 0 Å². The van der Waals surface area contributed by atoms with Crippen molar-refractivity contribution in [3.05, 3.63) is 52.3 Å². The molecule has 2 N–H and O–H groups in total. The number of carbonyl (C=O) groups is 2. The maximum atomic E-state index is 13.5. The van der Waals surface area contributed by atoms with Gasteiger partial charge in [0.1, 0.15) is 18.2 Å². The molecule has 1 aliphatic rings. The molecule has 0 amide bonds. The number of amidine groups is 1. The van der Waals surface area contributed by atoms with Crippen LogP contribution in [-0.4, -0.2) is 52.3 Å². The Labute approximate surface area is 244 Å². The molecule has 1 aliphatic heterocycles. The number of unbranched alkanes of at least 4 members (excludes halogenated alkanes) is 2. The molecular formula is C29H36BrFN4O5. The Morgan fingerprint density at radius 2 is 1.90 bits per heavy atom. The number of Topliss-reactive ketones (excluding diaryl/α,β-unsaturated/α-hetero) is 1. The molecule has 1 aromatic carbocycles. The summed E-state index contributed by atoms with van der Waals surface area (Å²) in [7, 11) is 0. The Bertz CT molecular complexity index is 1270. The highest BCUT2D eigenvalue weighted by atomic mass is 79.9. The third-order valence-electron chi connectivity index (χ3n) is 6.32. The van der Waals surface area contributed by atoms with Crippen LogP contribution in [0.2, 0.25) is 0 Å². The summed E-state index contributed by atoms with van der Waals surface area (Å²) in [5.74, 6) is -0.119. The summed E-state index contributed by atoms with van der Waals surface area (Å²) in [5.41, 5.74) is 2.15. The second-order valence-corrected chi connectivity index (χ2v) is 10.5. The molecule has 9 nitrogen and oxygen atoms in total. The molecular weight excluding hydrogens is 583 g/mol. The van der Waals surface area contributed by atoms with Crippen molar-refractivity contribution in [1.29, 1.82) is 10.7 Å². The first-order valence-corrected chi connectivity index (χ1v) is 13.0. The van der Waals surface area contributed by atoms with E-state index in [2.05, 4.69) is 11.1 Å². The lowest BCUT2D eigenvalue weighted by molar-refractivity contribution is -0.137. The minimum absolute atomic E-state index is 0. The molecule has 40 heavy (non-hydrogen) atoms. The molecule has 0 spiro atoms. The Hall–Kier alpha value is -3.52. The molecule has 11 heteroatoms. The van der Waals surface area contributed by atoms with Gasteiger partial charge >= 0.3 is 5.97 Å². The monoisotopic (exact) mass is 618 g/mol. The van der Waals surface area contributed by atoms with Crippen LogP contribution in [0.25, 0.3) is 0 Å². The van der Waals surface area contributed by atoms with Crippen LogP contribution in [-0.2, 0) is 23.4 Å². The second-order valence-electron chi connectivity index (χ2n) is 10.5. The van der Waals surface area contributed by atoms with Crippen molar-refractivity contribution >= 4 is 34.6 Å². The lowest BCUT2D eigenvalue weighted by atomic mass is 9.84. The number of nitrogens with one attached hydrogen (secondary N) is 1. The van der Waals surface area contributed by atoms with Crippen molar-refractivity contribution in [3.8, 4) is 17.6 Å². The first kappa shape index (κ1) is 32.7. The average Bonchev–Trinajstić information content (AvgIpc) is 3.19. The smallest absolute Gasteiger partial charge is 0.303 e. The number of carboxylic acids is 1. The number of hydrogen-bond acceptors (Lipinski definition) is 7. The van der Waals surface area contributed by atoms with Crippen LogP contribution in [0.1, 0.15) is 85.7 Å². The maximum Gasteiger partial charge on any atom is 0.303 e. The molecule has 2 heterocycles. The fourth-order valence-corrected chi connectivity index (χ4v) is 4.23. The van der Waals surface area contributed by atoms with E-state index >= 15 is 0 Å². The summed E-state index contributed by atoms with van der Waals surface area (Å²) in [6, 6.07) is 8.82. The molecule has 0 bridgehead atoms. The number of ketones is 1. The molecule has 0 aliphatic carbocycles. The van der Waals surface area contributed by atoms with Gasteiger partial charge in [-0.15, -0.1) is 17.0 Å². The number of halogens is 2. The summed E-state index contributed by atoms with van der Waals surface area (Å²) in [6.45, 7) is 6.08. The number of hydrogen-bond donors (Lipinski definition) is 2. The van der Waals surface area contributed by atoms with Crippen molar-refractivity contribution in [1.82, 2.24) is 9.88 Å². The zero-order valence-electron chi connectivity index (χ0n) is 23.1. The summed E-state index contributed by atoms with van der Waals surface area (Å²) in [6.07, 6.45) is 1.90. The average molecular weight is 620 g/mol. The number of aliphatic carboxylic acids is 1. The molecule has 0 unspecified atom stereocenters. The fraction of sp³-hybridized carbons (Fsp3) is 0.483. The van der Waals surface area contributed by atoms with Crippen LogP contribution in [0, 0.1) is 16.7 Å². The number of carboxylic acid groups (broad SMARTS) is 1. The van der Waals surface area contributed by atoms with Gasteiger partial charge in [0.15, 0.2) is 17.3 Å². The number of pyridine rings is 1. The number of ether oxygens (including phenoxy) is 2. The maximum absolute atomic E-state index is 13.5. The number of fused-ring (bicyclic) bond motifs is 1. The van der Waals surface area contributed by atoms with E-state index in [4.69, 9.17) is 25.3 Å². The zero-order chi connectivity index (χ0) is 28.6. The van der Waals surface area contributed by atoms with E-state index in [-0.39, 0.29) is 60.5 Å². The zero-order valence-corrected chi connectivity index (χ0v) is 24.8. The highest BCUT2D eigenvalue weighted by Crippen LogP contribution is 2.40. The highest BCUT2D eigenvalue weighted by molar-refractivity contribution is 8.93.